The molecule has 0 unspecified atom stereocenters. The van der Waals surface area contributed by atoms with Gasteiger partial charge in [0, 0.05) is 25.7 Å². The zero-order valence-corrected chi connectivity index (χ0v) is 14.0. The highest BCUT2D eigenvalue weighted by atomic mass is 16.5. The minimum atomic E-state index is 0.349. The van der Waals surface area contributed by atoms with Crippen molar-refractivity contribution in [1.29, 1.82) is 0 Å². The van der Waals surface area contributed by atoms with Crippen molar-refractivity contribution in [1.82, 2.24) is 4.90 Å². The molecule has 4 heteroatoms. The molecule has 0 saturated carbocycles. The predicted molar refractivity (Wildman–Crippen MR) is 82.2 cm³/mol. The van der Waals surface area contributed by atoms with Gasteiger partial charge < -0.3 is 14.2 Å². The van der Waals surface area contributed by atoms with Gasteiger partial charge >= 0.3 is 0 Å². The van der Waals surface area contributed by atoms with Gasteiger partial charge in [0.25, 0.3) is 0 Å². The highest BCUT2D eigenvalue weighted by molar-refractivity contribution is 4.82. The smallest absolute Gasteiger partial charge is 0.0830 e. The molecular weight excluding hydrogens is 254 g/mol. The number of hydrogen-bond donors (Lipinski definition) is 0. The molecule has 1 heterocycles. The van der Waals surface area contributed by atoms with Gasteiger partial charge in [-0.1, -0.05) is 20.8 Å². The summed E-state index contributed by atoms with van der Waals surface area (Å²) in [6.07, 6.45) is 1.49. The lowest BCUT2D eigenvalue weighted by Gasteiger charge is -2.41. The van der Waals surface area contributed by atoms with Crippen molar-refractivity contribution in [2.75, 3.05) is 46.1 Å². The van der Waals surface area contributed by atoms with E-state index in [0.717, 1.165) is 26.1 Å². The van der Waals surface area contributed by atoms with Gasteiger partial charge in [-0.15, -0.1) is 0 Å². The van der Waals surface area contributed by atoms with Crippen molar-refractivity contribution in [3.05, 3.63) is 0 Å². The van der Waals surface area contributed by atoms with E-state index in [0.29, 0.717) is 44.0 Å². The monoisotopic (exact) mass is 287 g/mol. The lowest BCUT2D eigenvalue weighted by molar-refractivity contribution is -0.0830. The molecule has 0 radical (unpaired) electrons. The summed E-state index contributed by atoms with van der Waals surface area (Å²) in [5, 5.41) is 0. The van der Waals surface area contributed by atoms with Gasteiger partial charge in [0.2, 0.25) is 0 Å². The molecule has 1 aliphatic rings. The molecule has 0 atom stereocenters. The van der Waals surface area contributed by atoms with Crippen LogP contribution in [-0.4, -0.2) is 63.2 Å². The molecule has 0 aromatic rings. The molecule has 0 bridgehead atoms. The summed E-state index contributed by atoms with van der Waals surface area (Å²) >= 11 is 0. The van der Waals surface area contributed by atoms with E-state index in [-0.39, 0.29) is 0 Å². The number of rotatable bonds is 10. The van der Waals surface area contributed by atoms with Crippen LogP contribution in [0.5, 0.6) is 0 Å². The lowest BCUT2D eigenvalue weighted by Crippen LogP contribution is -2.55. The van der Waals surface area contributed by atoms with Gasteiger partial charge in [0.05, 0.1) is 32.5 Å². The maximum Gasteiger partial charge on any atom is 0.0830 e. The molecule has 1 fully saturated rings. The van der Waals surface area contributed by atoms with Crippen molar-refractivity contribution in [3.63, 3.8) is 0 Å². The molecule has 4 nitrogen and oxygen atoms in total. The van der Waals surface area contributed by atoms with E-state index in [4.69, 9.17) is 14.2 Å². The average molecular weight is 287 g/mol. The maximum absolute atomic E-state index is 5.72. The minimum absolute atomic E-state index is 0.349. The summed E-state index contributed by atoms with van der Waals surface area (Å²) in [5.41, 5.74) is 0.349. The topological polar surface area (TPSA) is 30.9 Å². The summed E-state index contributed by atoms with van der Waals surface area (Å²) in [5.74, 6) is 0. The quantitative estimate of drug-likeness (QED) is 0.578. The van der Waals surface area contributed by atoms with E-state index < -0.39 is 0 Å². The molecule has 1 aliphatic heterocycles. The summed E-state index contributed by atoms with van der Waals surface area (Å²) in [4.78, 5) is 2.41. The molecule has 20 heavy (non-hydrogen) atoms. The van der Waals surface area contributed by atoms with Crippen LogP contribution in [0, 0.1) is 5.41 Å². The SMILES string of the molecule is CC(C)N1CC(OCCOCCOCCC(C)(C)C)C1. The molecule has 0 spiro atoms. The Labute approximate surface area is 124 Å². The fourth-order valence-electron chi connectivity index (χ4n) is 1.97. The van der Waals surface area contributed by atoms with Gasteiger partial charge in [-0.25, -0.2) is 0 Å². The Hall–Kier alpha value is -0.160. The molecule has 1 rings (SSSR count). The predicted octanol–water partition coefficient (Wildman–Crippen LogP) is 2.57. The van der Waals surface area contributed by atoms with Crippen LogP contribution in [0.3, 0.4) is 0 Å². The normalized spacial score (nSPS) is 17.7. The first-order chi connectivity index (χ1) is 9.38. The summed E-state index contributed by atoms with van der Waals surface area (Å²) in [6.45, 7) is 16.8. The average Bonchev–Trinajstić information content (AvgIpc) is 2.27. The van der Waals surface area contributed by atoms with E-state index in [1.165, 1.54) is 0 Å². The third kappa shape index (κ3) is 8.20. The van der Waals surface area contributed by atoms with Crippen LogP contribution in [0.2, 0.25) is 0 Å². The first-order valence-electron chi connectivity index (χ1n) is 7.89. The molecule has 0 N–H and O–H groups in total. The summed E-state index contributed by atoms with van der Waals surface area (Å²) < 4.78 is 16.8. The van der Waals surface area contributed by atoms with Gasteiger partial charge in [-0.3, -0.25) is 4.90 Å². The molecular formula is C16H33NO3. The van der Waals surface area contributed by atoms with Crippen LogP contribution < -0.4 is 0 Å². The first-order valence-corrected chi connectivity index (χ1v) is 7.89. The highest BCUT2D eigenvalue weighted by Gasteiger charge is 2.28. The van der Waals surface area contributed by atoms with E-state index in [2.05, 4.69) is 39.5 Å². The van der Waals surface area contributed by atoms with Crippen LogP contribution in [0.4, 0.5) is 0 Å². The van der Waals surface area contributed by atoms with Crippen LogP contribution >= 0.6 is 0 Å². The Balaban J connectivity index is 1.78. The molecule has 0 amide bonds. The number of nitrogens with zero attached hydrogens (tertiary/aromatic N) is 1. The summed E-state index contributed by atoms with van der Waals surface area (Å²) in [7, 11) is 0. The fourth-order valence-corrected chi connectivity index (χ4v) is 1.97. The second-order valence-electron chi connectivity index (χ2n) is 7.08. The third-order valence-electron chi connectivity index (χ3n) is 3.56. The molecule has 0 aromatic carbocycles. The minimum Gasteiger partial charge on any atom is -0.379 e. The zero-order chi connectivity index (χ0) is 15.0. The number of hydrogen-bond acceptors (Lipinski definition) is 4. The van der Waals surface area contributed by atoms with Crippen molar-refractivity contribution in [2.24, 2.45) is 5.41 Å². The largest absolute Gasteiger partial charge is 0.379 e. The Morgan fingerprint density at radius 2 is 1.50 bits per heavy atom. The number of ether oxygens (including phenoxy) is 3. The van der Waals surface area contributed by atoms with Crippen molar-refractivity contribution >= 4 is 0 Å². The van der Waals surface area contributed by atoms with Gasteiger partial charge in [0.1, 0.15) is 0 Å². The van der Waals surface area contributed by atoms with Crippen molar-refractivity contribution < 1.29 is 14.2 Å². The van der Waals surface area contributed by atoms with Gasteiger partial charge in [-0.05, 0) is 25.7 Å². The lowest BCUT2D eigenvalue weighted by atomic mass is 9.93. The molecule has 120 valence electrons. The van der Waals surface area contributed by atoms with Crippen LogP contribution in [-0.2, 0) is 14.2 Å². The van der Waals surface area contributed by atoms with Crippen LogP contribution in [0.15, 0.2) is 0 Å². The van der Waals surface area contributed by atoms with Crippen LogP contribution in [0.25, 0.3) is 0 Å². The molecule has 1 saturated heterocycles. The molecule has 0 aliphatic carbocycles. The number of likely N-dealkylation sites (tertiary alicyclic amines) is 1. The molecule has 0 aromatic heterocycles. The van der Waals surface area contributed by atoms with Gasteiger partial charge in [-0.2, -0.15) is 0 Å². The van der Waals surface area contributed by atoms with E-state index in [1.54, 1.807) is 0 Å². The Bertz CT molecular complexity index is 245. The first kappa shape index (κ1) is 17.9. The maximum atomic E-state index is 5.72. The van der Waals surface area contributed by atoms with Crippen molar-refractivity contribution in [3.8, 4) is 0 Å². The van der Waals surface area contributed by atoms with Crippen molar-refractivity contribution in [2.45, 2.75) is 53.2 Å². The summed E-state index contributed by atoms with van der Waals surface area (Å²) in [6, 6.07) is 0.636. The Kier molecular flexibility index (Phi) is 8.03. The van der Waals surface area contributed by atoms with E-state index in [1.807, 2.05) is 0 Å². The standard InChI is InChI=1S/C16H33NO3/c1-14(2)17-12-15(13-17)20-11-10-19-9-8-18-7-6-16(3,4)5/h14-15H,6-13H2,1-5H3. The second kappa shape index (κ2) is 8.98. The van der Waals surface area contributed by atoms with Gasteiger partial charge in [0.15, 0.2) is 0 Å². The second-order valence-corrected chi connectivity index (χ2v) is 7.08. The Morgan fingerprint density at radius 1 is 0.950 bits per heavy atom. The van der Waals surface area contributed by atoms with E-state index >= 15 is 0 Å². The Morgan fingerprint density at radius 3 is 2.05 bits per heavy atom. The third-order valence-corrected chi connectivity index (χ3v) is 3.56. The highest BCUT2D eigenvalue weighted by Crippen LogP contribution is 2.17. The fraction of sp³-hybridized carbons (Fsp3) is 1.00. The van der Waals surface area contributed by atoms with E-state index in [9.17, 15) is 0 Å². The zero-order valence-electron chi connectivity index (χ0n) is 14.0. The van der Waals surface area contributed by atoms with Crippen LogP contribution in [0.1, 0.15) is 41.0 Å².